The van der Waals surface area contributed by atoms with Gasteiger partial charge >= 0.3 is 0 Å². The van der Waals surface area contributed by atoms with Gasteiger partial charge in [-0.3, -0.25) is 4.68 Å². The van der Waals surface area contributed by atoms with Crippen LogP contribution in [0, 0.1) is 5.82 Å². The van der Waals surface area contributed by atoms with Crippen molar-refractivity contribution < 1.29 is 9.13 Å². The average Bonchev–Trinajstić information content (AvgIpc) is 2.63. The highest BCUT2D eigenvalue weighted by atomic mass is 19.1. The lowest BCUT2D eigenvalue weighted by atomic mass is 10.2. The monoisotopic (exact) mass is 206 g/mol. The molecule has 3 nitrogen and oxygen atoms in total. The number of benzene rings is 1. The van der Waals surface area contributed by atoms with Crippen LogP contribution in [-0.2, 0) is 13.7 Å². The van der Waals surface area contributed by atoms with Crippen molar-refractivity contribution in [2.75, 3.05) is 0 Å². The maximum Gasteiger partial charge on any atom is 0.157 e. The lowest BCUT2D eigenvalue weighted by Crippen LogP contribution is -1.97. The molecule has 0 fully saturated rings. The van der Waals surface area contributed by atoms with Crippen molar-refractivity contribution >= 4 is 0 Å². The second kappa shape index (κ2) is 4.13. The first-order chi connectivity index (χ1) is 7.25. The molecule has 0 saturated heterocycles. The Morgan fingerprint density at radius 1 is 1.40 bits per heavy atom. The molecular formula is C11H11FN2O. The molecule has 0 spiro atoms. The summed E-state index contributed by atoms with van der Waals surface area (Å²) in [5.74, 6) is 0.391. The fraction of sp³-hybridized carbons (Fsp3) is 0.182. The van der Waals surface area contributed by atoms with Gasteiger partial charge in [0.2, 0.25) is 0 Å². The first-order valence-corrected chi connectivity index (χ1v) is 4.60. The van der Waals surface area contributed by atoms with Crippen molar-refractivity contribution in [3.63, 3.8) is 0 Å². The van der Waals surface area contributed by atoms with Crippen molar-refractivity contribution in [2.45, 2.75) is 6.61 Å². The Morgan fingerprint density at radius 3 is 2.87 bits per heavy atom. The molecule has 1 aromatic carbocycles. The van der Waals surface area contributed by atoms with Gasteiger partial charge in [0.15, 0.2) is 5.75 Å². The molecular weight excluding hydrogens is 195 g/mol. The zero-order valence-corrected chi connectivity index (χ0v) is 8.35. The highest BCUT2D eigenvalue weighted by molar-refractivity contribution is 5.18. The van der Waals surface area contributed by atoms with Gasteiger partial charge in [-0.1, -0.05) is 18.2 Å². The summed E-state index contributed by atoms with van der Waals surface area (Å²) in [6.07, 6.45) is 3.34. The molecule has 1 heterocycles. The molecule has 0 aliphatic carbocycles. The zero-order valence-electron chi connectivity index (χ0n) is 8.35. The van der Waals surface area contributed by atoms with Crippen molar-refractivity contribution in [1.82, 2.24) is 9.78 Å². The van der Waals surface area contributed by atoms with Crippen molar-refractivity contribution in [1.29, 1.82) is 0 Å². The first-order valence-electron chi connectivity index (χ1n) is 4.60. The Hall–Kier alpha value is -1.84. The maximum absolute atomic E-state index is 13.2. The molecule has 2 aromatic rings. The van der Waals surface area contributed by atoms with Crippen LogP contribution in [0.3, 0.4) is 0 Å². The summed E-state index contributed by atoms with van der Waals surface area (Å²) < 4.78 is 20.2. The maximum atomic E-state index is 13.2. The quantitative estimate of drug-likeness (QED) is 0.769. The van der Waals surface area contributed by atoms with E-state index in [9.17, 15) is 4.39 Å². The number of nitrogens with zero attached hydrogens (tertiary/aromatic N) is 2. The summed E-state index contributed by atoms with van der Waals surface area (Å²) in [5, 5.41) is 3.95. The Bertz CT molecular complexity index is 453. The van der Waals surface area contributed by atoms with E-state index < -0.39 is 0 Å². The van der Waals surface area contributed by atoms with E-state index in [1.807, 2.05) is 0 Å². The third-order valence-corrected chi connectivity index (χ3v) is 2.03. The normalized spacial score (nSPS) is 10.3. The van der Waals surface area contributed by atoms with Gasteiger partial charge < -0.3 is 4.74 Å². The fourth-order valence-corrected chi connectivity index (χ4v) is 1.25. The highest BCUT2D eigenvalue weighted by Gasteiger charge is 2.02. The van der Waals surface area contributed by atoms with Crippen molar-refractivity contribution in [3.8, 4) is 5.75 Å². The summed E-state index contributed by atoms with van der Waals surface area (Å²) in [6, 6.07) is 6.56. The van der Waals surface area contributed by atoms with Crippen LogP contribution in [0.4, 0.5) is 4.39 Å². The average molecular weight is 206 g/mol. The van der Waals surface area contributed by atoms with Crippen molar-refractivity contribution in [3.05, 3.63) is 48.0 Å². The largest absolute Gasteiger partial charge is 0.486 e. The van der Waals surface area contributed by atoms with E-state index in [1.54, 1.807) is 42.3 Å². The zero-order chi connectivity index (χ0) is 10.7. The third kappa shape index (κ3) is 2.34. The smallest absolute Gasteiger partial charge is 0.157 e. The van der Waals surface area contributed by atoms with Crippen LogP contribution in [0.5, 0.6) is 5.75 Å². The van der Waals surface area contributed by atoms with Gasteiger partial charge in [0.25, 0.3) is 0 Å². The molecule has 0 atom stereocenters. The number of ether oxygens (including phenoxy) is 1. The number of aromatic nitrogens is 2. The lowest BCUT2D eigenvalue weighted by molar-refractivity contribution is 0.299. The fourth-order valence-electron chi connectivity index (χ4n) is 1.25. The Morgan fingerprint density at radius 2 is 2.20 bits per heavy atom. The van der Waals surface area contributed by atoms with E-state index in [-0.39, 0.29) is 12.4 Å². The second-order valence-electron chi connectivity index (χ2n) is 3.23. The van der Waals surface area contributed by atoms with Crippen LogP contribution < -0.4 is 4.74 Å². The summed E-state index contributed by atoms with van der Waals surface area (Å²) in [4.78, 5) is 0. The molecule has 0 aliphatic heterocycles. The SMILES string of the molecule is Cn1cc(OCc2ccccc2F)cn1. The summed E-state index contributed by atoms with van der Waals surface area (Å²) in [7, 11) is 1.80. The summed E-state index contributed by atoms with van der Waals surface area (Å²) >= 11 is 0. The molecule has 0 amide bonds. The van der Waals surface area contributed by atoms with E-state index in [2.05, 4.69) is 5.10 Å². The number of hydrogen-bond acceptors (Lipinski definition) is 2. The molecule has 2 rings (SSSR count). The molecule has 0 unspecified atom stereocenters. The van der Waals surface area contributed by atoms with Gasteiger partial charge in [0, 0.05) is 12.6 Å². The lowest BCUT2D eigenvalue weighted by Gasteiger charge is -2.03. The molecule has 78 valence electrons. The second-order valence-corrected chi connectivity index (χ2v) is 3.23. The highest BCUT2D eigenvalue weighted by Crippen LogP contribution is 2.12. The van der Waals surface area contributed by atoms with Gasteiger partial charge in [-0.2, -0.15) is 5.10 Å². The molecule has 0 aliphatic rings. The van der Waals surface area contributed by atoms with Gasteiger partial charge in [-0.15, -0.1) is 0 Å². The van der Waals surface area contributed by atoms with E-state index in [0.29, 0.717) is 11.3 Å². The third-order valence-electron chi connectivity index (χ3n) is 2.03. The summed E-state index contributed by atoms with van der Waals surface area (Å²) in [5.41, 5.74) is 0.543. The van der Waals surface area contributed by atoms with Crippen LogP contribution in [0.1, 0.15) is 5.56 Å². The molecule has 0 bridgehead atoms. The Kier molecular flexibility index (Phi) is 2.67. The molecule has 0 radical (unpaired) electrons. The van der Waals surface area contributed by atoms with Gasteiger partial charge in [-0.25, -0.2) is 4.39 Å². The predicted octanol–water partition coefficient (Wildman–Crippen LogP) is 2.14. The molecule has 0 saturated carbocycles. The Balaban J connectivity index is 2.02. The predicted molar refractivity (Wildman–Crippen MR) is 53.9 cm³/mol. The van der Waals surface area contributed by atoms with Gasteiger partial charge in [0.1, 0.15) is 12.4 Å². The molecule has 1 aromatic heterocycles. The van der Waals surface area contributed by atoms with E-state index >= 15 is 0 Å². The van der Waals surface area contributed by atoms with E-state index in [0.717, 1.165) is 0 Å². The number of hydrogen-bond donors (Lipinski definition) is 0. The molecule has 15 heavy (non-hydrogen) atoms. The standard InChI is InChI=1S/C11H11FN2O/c1-14-7-10(6-13-14)15-8-9-4-2-3-5-11(9)12/h2-7H,8H2,1H3. The van der Waals surface area contributed by atoms with E-state index in [4.69, 9.17) is 4.74 Å². The van der Waals surface area contributed by atoms with Crippen LogP contribution in [0.15, 0.2) is 36.7 Å². The van der Waals surface area contributed by atoms with Crippen LogP contribution in [0.2, 0.25) is 0 Å². The van der Waals surface area contributed by atoms with E-state index in [1.165, 1.54) is 6.07 Å². The van der Waals surface area contributed by atoms with Gasteiger partial charge in [0.05, 0.1) is 12.4 Å². The number of halogens is 1. The minimum atomic E-state index is -0.249. The molecule has 0 N–H and O–H groups in total. The number of rotatable bonds is 3. The Labute approximate surface area is 87.1 Å². The van der Waals surface area contributed by atoms with Crippen LogP contribution >= 0.6 is 0 Å². The minimum Gasteiger partial charge on any atom is -0.486 e. The molecule has 4 heteroatoms. The number of aryl methyl sites for hydroxylation is 1. The first kappa shape index (κ1) is 9.71. The van der Waals surface area contributed by atoms with Crippen LogP contribution in [-0.4, -0.2) is 9.78 Å². The van der Waals surface area contributed by atoms with Crippen LogP contribution in [0.25, 0.3) is 0 Å². The van der Waals surface area contributed by atoms with Gasteiger partial charge in [-0.05, 0) is 6.07 Å². The van der Waals surface area contributed by atoms with Crippen molar-refractivity contribution in [2.24, 2.45) is 7.05 Å². The topological polar surface area (TPSA) is 27.1 Å². The summed E-state index contributed by atoms with van der Waals surface area (Å²) in [6.45, 7) is 0.221. The minimum absolute atomic E-state index is 0.221.